The van der Waals surface area contributed by atoms with Crippen molar-refractivity contribution in [3.8, 4) is 5.75 Å². The largest absolute Gasteiger partial charge is 0.462 e. The normalized spacial score (nSPS) is 21.7. The van der Waals surface area contributed by atoms with Crippen LogP contribution in [0.25, 0.3) is 0 Å². The van der Waals surface area contributed by atoms with Crippen molar-refractivity contribution >= 4 is 44.4 Å². The first-order chi connectivity index (χ1) is 8.49. The maximum Gasteiger partial charge on any atom is 0.372 e. The van der Waals surface area contributed by atoms with E-state index in [1.807, 2.05) is 18.2 Å². The van der Waals surface area contributed by atoms with Gasteiger partial charge in [0.1, 0.15) is 5.75 Å². The Morgan fingerprint density at radius 1 is 1.11 bits per heavy atom. The van der Waals surface area contributed by atoms with E-state index in [1.165, 1.54) is 0 Å². The molecule has 0 bridgehead atoms. The summed E-state index contributed by atoms with van der Waals surface area (Å²) < 4.78 is 11.9. The van der Waals surface area contributed by atoms with Crippen LogP contribution in [0.4, 0.5) is 0 Å². The minimum absolute atomic E-state index is 0.397. The monoisotopic (exact) mass is 322 g/mol. The minimum atomic E-state index is -2.83. The fraction of sp³-hybridized carbons (Fsp3) is 0.500. The lowest BCUT2D eigenvalue weighted by atomic mass is 10.1. The first-order valence-corrected chi connectivity index (χ1v) is 11.1. The third kappa shape index (κ3) is 2.39. The summed E-state index contributed by atoms with van der Waals surface area (Å²) in [6.07, 6.45) is 4.25. The van der Waals surface area contributed by atoms with Gasteiger partial charge < -0.3 is 9.47 Å². The van der Waals surface area contributed by atoms with Crippen LogP contribution in [0.1, 0.15) is 31.2 Å². The molecule has 0 unspecified atom stereocenters. The van der Waals surface area contributed by atoms with Gasteiger partial charge in [-0.3, -0.25) is 0 Å². The lowest BCUT2D eigenvalue weighted by molar-refractivity contribution is -0.200. The van der Waals surface area contributed by atoms with Crippen LogP contribution in [0.5, 0.6) is 5.75 Å². The third-order valence-corrected chi connectivity index (χ3v) is 6.47. The van der Waals surface area contributed by atoms with Gasteiger partial charge in [0.25, 0.3) is 0 Å². The van der Waals surface area contributed by atoms with Gasteiger partial charge in [-0.15, -0.1) is 33.2 Å². The number of hydrogen-bond acceptors (Lipinski definition) is 2. The van der Waals surface area contributed by atoms with Gasteiger partial charge in [0.05, 0.1) is 6.61 Å². The number of halogens is 3. The average Bonchev–Trinajstić information content (AvgIpc) is 2.75. The average molecular weight is 324 g/mol. The molecule has 2 nitrogen and oxygen atoms in total. The molecule has 1 fully saturated rings. The first-order valence-electron chi connectivity index (χ1n) is 6.02. The smallest absolute Gasteiger partial charge is 0.372 e. The van der Waals surface area contributed by atoms with E-state index >= 15 is 0 Å². The molecule has 1 aliphatic carbocycles. The first kappa shape index (κ1) is 13.1. The Balaban J connectivity index is 1.90. The highest BCUT2D eigenvalue weighted by molar-refractivity contribution is 7.69. The van der Waals surface area contributed by atoms with Crippen LogP contribution in [0.3, 0.4) is 0 Å². The molecule has 1 aromatic carbocycles. The topological polar surface area (TPSA) is 18.5 Å². The van der Waals surface area contributed by atoms with Crippen LogP contribution >= 0.6 is 33.2 Å². The number of rotatable bonds is 1. The molecule has 1 saturated carbocycles. The van der Waals surface area contributed by atoms with Crippen molar-refractivity contribution in [1.82, 2.24) is 0 Å². The molecule has 0 aromatic heterocycles. The lowest BCUT2D eigenvalue weighted by Crippen LogP contribution is -2.40. The Hall–Kier alpha value is 0.0669. The molecule has 6 heteroatoms. The van der Waals surface area contributed by atoms with E-state index in [1.54, 1.807) is 0 Å². The molecule has 2 aliphatic rings. The molecular weight excluding hydrogens is 311 g/mol. The lowest BCUT2D eigenvalue weighted by Gasteiger charge is -2.35. The Labute approximate surface area is 121 Å². The SMILES string of the molecule is Cl[Si](Cl)(Cl)c1ccc2c(c1)COC1(CCCC1)O2. The number of benzene rings is 1. The van der Waals surface area contributed by atoms with E-state index < -0.39 is 11.8 Å². The quantitative estimate of drug-likeness (QED) is 0.579. The molecule has 98 valence electrons. The highest BCUT2D eigenvalue weighted by Crippen LogP contribution is 2.41. The highest BCUT2D eigenvalue weighted by atomic mass is 35.8. The van der Waals surface area contributed by atoms with Crippen molar-refractivity contribution in [2.45, 2.75) is 38.1 Å². The van der Waals surface area contributed by atoms with Crippen molar-refractivity contribution < 1.29 is 9.47 Å². The Kier molecular flexibility index (Phi) is 3.31. The summed E-state index contributed by atoms with van der Waals surface area (Å²) in [5.74, 6) is 0.474. The zero-order chi connectivity index (χ0) is 12.8. The fourth-order valence-corrected chi connectivity index (χ4v) is 4.24. The molecule has 3 rings (SSSR count). The molecule has 1 spiro atoms. The zero-order valence-corrected chi connectivity index (χ0v) is 13.0. The summed E-state index contributed by atoms with van der Waals surface area (Å²) in [6, 6.07) is 2.83. The van der Waals surface area contributed by atoms with E-state index in [0.717, 1.165) is 42.2 Å². The standard InChI is InChI=1S/C12H13Cl3O2Si/c13-18(14,15)10-3-4-11-9(7-10)8-16-12(17-11)5-1-2-6-12/h3-4,7H,1-2,5-6,8H2. The molecule has 0 saturated heterocycles. The van der Waals surface area contributed by atoms with Crippen LogP contribution in [-0.2, 0) is 11.3 Å². The summed E-state index contributed by atoms with van der Waals surface area (Å²) in [7, 11) is 0. The zero-order valence-electron chi connectivity index (χ0n) is 9.72. The van der Waals surface area contributed by atoms with Crippen molar-refractivity contribution in [1.29, 1.82) is 0 Å². The number of fused-ring (bicyclic) bond motifs is 1. The van der Waals surface area contributed by atoms with Crippen LogP contribution in [0, 0.1) is 0 Å². The molecule has 0 amide bonds. The van der Waals surface area contributed by atoms with Gasteiger partial charge >= 0.3 is 6.00 Å². The van der Waals surface area contributed by atoms with E-state index in [2.05, 4.69) is 0 Å². The predicted molar refractivity (Wildman–Crippen MR) is 76.0 cm³/mol. The molecule has 0 N–H and O–H groups in total. The number of hydrogen-bond donors (Lipinski definition) is 0. The van der Waals surface area contributed by atoms with E-state index in [-0.39, 0.29) is 0 Å². The Morgan fingerprint density at radius 2 is 1.83 bits per heavy atom. The summed E-state index contributed by atoms with van der Waals surface area (Å²) in [6.45, 7) is 0.540. The molecular formula is C12H13Cl3O2Si. The van der Waals surface area contributed by atoms with Gasteiger partial charge in [0.2, 0.25) is 5.79 Å². The van der Waals surface area contributed by atoms with E-state index in [0.29, 0.717) is 6.61 Å². The van der Waals surface area contributed by atoms with E-state index in [4.69, 9.17) is 42.7 Å². The predicted octanol–water partition coefficient (Wildman–Crippen LogP) is 3.73. The van der Waals surface area contributed by atoms with Crippen LogP contribution in [0.15, 0.2) is 18.2 Å². The van der Waals surface area contributed by atoms with Crippen LogP contribution < -0.4 is 9.92 Å². The Bertz CT molecular complexity index is 467. The molecule has 1 heterocycles. The van der Waals surface area contributed by atoms with Gasteiger partial charge in [-0.1, -0.05) is 12.1 Å². The minimum Gasteiger partial charge on any atom is -0.462 e. The van der Waals surface area contributed by atoms with Crippen molar-refractivity contribution in [2.24, 2.45) is 0 Å². The van der Waals surface area contributed by atoms with Crippen molar-refractivity contribution in [3.63, 3.8) is 0 Å². The van der Waals surface area contributed by atoms with Gasteiger partial charge in [-0.25, -0.2) is 0 Å². The van der Waals surface area contributed by atoms with Crippen LogP contribution in [-0.4, -0.2) is 11.8 Å². The van der Waals surface area contributed by atoms with Gasteiger partial charge in [-0.05, 0) is 24.1 Å². The summed E-state index contributed by atoms with van der Waals surface area (Å²) in [5.41, 5.74) is 0.976. The molecule has 1 aliphatic heterocycles. The second kappa shape index (κ2) is 4.56. The summed E-state index contributed by atoms with van der Waals surface area (Å²) in [5, 5.41) is 0.779. The maximum atomic E-state index is 6.01. The van der Waals surface area contributed by atoms with Gasteiger partial charge in [0, 0.05) is 18.4 Å². The molecule has 0 atom stereocenters. The van der Waals surface area contributed by atoms with Crippen molar-refractivity contribution in [3.05, 3.63) is 23.8 Å². The molecule has 1 aromatic rings. The maximum absolute atomic E-state index is 6.01. The molecule has 0 radical (unpaired) electrons. The van der Waals surface area contributed by atoms with Gasteiger partial charge in [0.15, 0.2) is 0 Å². The fourth-order valence-electron chi connectivity index (χ4n) is 2.57. The van der Waals surface area contributed by atoms with Gasteiger partial charge in [-0.2, -0.15) is 0 Å². The summed E-state index contributed by atoms with van der Waals surface area (Å²) >= 11 is 18.0. The third-order valence-electron chi connectivity index (χ3n) is 3.54. The second-order valence-electron chi connectivity index (χ2n) is 4.83. The van der Waals surface area contributed by atoms with Crippen molar-refractivity contribution in [2.75, 3.05) is 0 Å². The second-order valence-corrected chi connectivity index (χ2v) is 13.2. The molecule has 18 heavy (non-hydrogen) atoms. The Morgan fingerprint density at radius 3 is 2.50 bits per heavy atom. The highest BCUT2D eigenvalue weighted by Gasteiger charge is 2.41. The summed E-state index contributed by atoms with van der Waals surface area (Å²) in [4.78, 5) is 0. The number of ether oxygens (including phenoxy) is 2. The van der Waals surface area contributed by atoms with Crippen LogP contribution in [0.2, 0.25) is 0 Å². The van der Waals surface area contributed by atoms with E-state index in [9.17, 15) is 0 Å².